The van der Waals surface area contributed by atoms with Gasteiger partial charge in [0.25, 0.3) is 0 Å². The molecular formula is C19H17Cl3N4O3. The third kappa shape index (κ3) is 4.75. The minimum Gasteiger partial charge on any atom is -0.493 e. The highest BCUT2D eigenvalue weighted by molar-refractivity contribution is 6.66. The standard InChI is InChI=1S/C19H17Cl3N4O3/c1-27-14-8-11(9-15(28-2)16(14)29-3)10-23-26-17-12-6-4-5-7-13(12)24-18(25-17)19(20,21)22/h4-10H,1-3H3,(H,24,25,26)/b23-10+. The van der Waals surface area contributed by atoms with Crippen LogP contribution in [0, 0.1) is 0 Å². The first-order valence-electron chi connectivity index (χ1n) is 8.30. The predicted octanol–water partition coefficient (Wildman–Crippen LogP) is 4.93. The number of para-hydroxylation sites is 1. The fraction of sp³-hybridized carbons (Fsp3) is 0.211. The van der Waals surface area contributed by atoms with Gasteiger partial charge in [-0.3, -0.25) is 5.43 Å². The topological polar surface area (TPSA) is 77.9 Å². The van der Waals surface area contributed by atoms with Crippen molar-refractivity contribution in [1.29, 1.82) is 0 Å². The Hall–Kier alpha value is -2.48. The van der Waals surface area contributed by atoms with Gasteiger partial charge in [-0.1, -0.05) is 46.9 Å². The first-order valence-corrected chi connectivity index (χ1v) is 9.43. The van der Waals surface area contributed by atoms with E-state index in [0.29, 0.717) is 34.1 Å². The highest BCUT2D eigenvalue weighted by Crippen LogP contribution is 2.38. The molecule has 0 fully saturated rings. The molecule has 0 aliphatic heterocycles. The number of ether oxygens (including phenoxy) is 3. The van der Waals surface area contributed by atoms with Gasteiger partial charge >= 0.3 is 0 Å². The summed E-state index contributed by atoms with van der Waals surface area (Å²) in [7, 11) is 4.63. The number of nitrogens with zero attached hydrogens (tertiary/aromatic N) is 3. The lowest BCUT2D eigenvalue weighted by molar-refractivity contribution is 0.324. The average Bonchev–Trinajstić information content (AvgIpc) is 2.72. The van der Waals surface area contributed by atoms with Crippen molar-refractivity contribution in [3.05, 3.63) is 47.8 Å². The van der Waals surface area contributed by atoms with Crippen LogP contribution in [0.5, 0.6) is 17.2 Å². The van der Waals surface area contributed by atoms with Gasteiger partial charge in [0.2, 0.25) is 9.54 Å². The summed E-state index contributed by atoms with van der Waals surface area (Å²) in [6.45, 7) is 0. The van der Waals surface area contributed by atoms with Gasteiger partial charge in [0.05, 0.1) is 33.1 Å². The fourth-order valence-electron chi connectivity index (χ4n) is 2.63. The maximum Gasteiger partial charge on any atom is 0.250 e. The highest BCUT2D eigenvalue weighted by Gasteiger charge is 2.28. The minimum atomic E-state index is -1.76. The zero-order chi connectivity index (χ0) is 21.0. The lowest BCUT2D eigenvalue weighted by Crippen LogP contribution is -2.09. The van der Waals surface area contributed by atoms with Crippen LogP contribution in [0.1, 0.15) is 11.4 Å². The first-order chi connectivity index (χ1) is 13.9. The second-order valence-electron chi connectivity index (χ2n) is 5.74. The first kappa shape index (κ1) is 21.2. The van der Waals surface area contributed by atoms with Crippen molar-refractivity contribution in [1.82, 2.24) is 9.97 Å². The molecule has 0 atom stereocenters. The summed E-state index contributed by atoms with van der Waals surface area (Å²) in [4.78, 5) is 8.59. The van der Waals surface area contributed by atoms with Crippen LogP contribution in [0.2, 0.25) is 0 Å². The predicted molar refractivity (Wildman–Crippen MR) is 116 cm³/mol. The molecule has 0 saturated carbocycles. The number of benzene rings is 2. The number of rotatable bonds is 6. The van der Waals surface area contributed by atoms with Crippen LogP contribution in [0.25, 0.3) is 10.9 Å². The van der Waals surface area contributed by atoms with Gasteiger partial charge in [0, 0.05) is 10.9 Å². The number of halogens is 3. The van der Waals surface area contributed by atoms with Gasteiger partial charge < -0.3 is 14.2 Å². The van der Waals surface area contributed by atoms with E-state index >= 15 is 0 Å². The zero-order valence-corrected chi connectivity index (χ0v) is 18.0. The average molecular weight is 456 g/mol. The van der Waals surface area contributed by atoms with Crippen LogP contribution in [0.4, 0.5) is 5.82 Å². The summed E-state index contributed by atoms with van der Waals surface area (Å²) < 4.78 is 14.2. The van der Waals surface area contributed by atoms with E-state index in [1.54, 1.807) is 38.6 Å². The van der Waals surface area contributed by atoms with E-state index < -0.39 is 3.79 Å². The molecular weight excluding hydrogens is 439 g/mol. The Kier molecular flexibility index (Phi) is 6.52. The van der Waals surface area contributed by atoms with E-state index in [1.807, 2.05) is 18.2 Å². The molecule has 29 heavy (non-hydrogen) atoms. The summed E-state index contributed by atoms with van der Waals surface area (Å²) in [5.74, 6) is 1.97. The van der Waals surface area contributed by atoms with Crippen molar-refractivity contribution in [2.75, 3.05) is 26.8 Å². The van der Waals surface area contributed by atoms with E-state index in [0.717, 1.165) is 5.39 Å². The van der Waals surface area contributed by atoms with Gasteiger partial charge in [-0.25, -0.2) is 9.97 Å². The molecule has 0 unspecified atom stereocenters. The Balaban J connectivity index is 1.95. The molecule has 7 nitrogen and oxygen atoms in total. The van der Waals surface area contributed by atoms with Crippen LogP contribution >= 0.6 is 34.8 Å². The molecule has 2 aromatic carbocycles. The monoisotopic (exact) mass is 454 g/mol. The van der Waals surface area contributed by atoms with Crippen molar-refractivity contribution < 1.29 is 14.2 Å². The summed E-state index contributed by atoms with van der Waals surface area (Å²) in [6.07, 6.45) is 1.58. The smallest absolute Gasteiger partial charge is 0.250 e. The molecule has 3 aromatic rings. The Bertz CT molecular complexity index is 1030. The zero-order valence-electron chi connectivity index (χ0n) is 15.7. The third-order valence-electron chi connectivity index (χ3n) is 3.93. The van der Waals surface area contributed by atoms with Crippen molar-refractivity contribution in [2.24, 2.45) is 5.10 Å². The number of hydrogen-bond donors (Lipinski definition) is 1. The molecule has 1 aromatic heterocycles. The van der Waals surface area contributed by atoms with Crippen molar-refractivity contribution in [3.63, 3.8) is 0 Å². The normalized spacial score (nSPS) is 11.7. The molecule has 10 heteroatoms. The van der Waals surface area contributed by atoms with E-state index in [9.17, 15) is 0 Å². The van der Waals surface area contributed by atoms with Crippen LogP contribution in [0.3, 0.4) is 0 Å². The number of methoxy groups -OCH3 is 3. The minimum absolute atomic E-state index is 0.0479. The highest BCUT2D eigenvalue weighted by atomic mass is 35.6. The van der Waals surface area contributed by atoms with Crippen molar-refractivity contribution >= 4 is 57.7 Å². The molecule has 3 rings (SSSR count). The van der Waals surface area contributed by atoms with E-state index in [1.165, 1.54) is 7.11 Å². The van der Waals surface area contributed by atoms with E-state index in [2.05, 4.69) is 20.5 Å². The number of hydrogen-bond acceptors (Lipinski definition) is 7. The summed E-state index contributed by atoms with van der Waals surface area (Å²) >= 11 is 17.9. The molecule has 0 aliphatic rings. The summed E-state index contributed by atoms with van der Waals surface area (Å²) in [6, 6.07) is 10.9. The SMILES string of the molecule is COc1cc(/C=N/Nc2nc(C(Cl)(Cl)Cl)nc3ccccc23)cc(OC)c1OC. The quantitative estimate of drug-likeness (QED) is 0.323. The molecule has 0 amide bonds. The second kappa shape index (κ2) is 8.90. The van der Waals surface area contributed by atoms with Crippen LogP contribution in [0.15, 0.2) is 41.5 Å². The Morgan fingerprint density at radius 1 is 0.966 bits per heavy atom. The molecule has 152 valence electrons. The van der Waals surface area contributed by atoms with Crippen LogP contribution < -0.4 is 19.6 Å². The number of aromatic nitrogens is 2. The maximum absolute atomic E-state index is 5.96. The summed E-state index contributed by atoms with van der Waals surface area (Å²) in [5, 5.41) is 4.97. The van der Waals surface area contributed by atoms with Crippen LogP contribution in [-0.4, -0.2) is 37.5 Å². The molecule has 0 spiro atoms. The van der Waals surface area contributed by atoms with Gasteiger partial charge in [-0.05, 0) is 24.3 Å². The van der Waals surface area contributed by atoms with Gasteiger partial charge in [0.15, 0.2) is 23.1 Å². The molecule has 0 radical (unpaired) electrons. The van der Waals surface area contributed by atoms with E-state index in [4.69, 9.17) is 49.0 Å². The van der Waals surface area contributed by atoms with Crippen molar-refractivity contribution in [2.45, 2.75) is 3.79 Å². The molecule has 0 aliphatic carbocycles. The Morgan fingerprint density at radius 3 is 2.21 bits per heavy atom. The van der Waals surface area contributed by atoms with Crippen LogP contribution in [-0.2, 0) is 3.79 Å². The van der Waals surface area contributed by atoms with Gasteiger partial charge in [-0.2, -0.15) is 5.10 Å². The molecule has 1 N–H and O–H groups in total. The lowest BCUT2D eigenvalue weighted by Gasteiger charge is -2.13. The lowest BCUT2D eigenvalue weighted by atomic mass is 10.2. The molecule has 1 heterocycles. The van der Waals surface area contributed by atoms with Gasteiger partial charge in [0.1, 0.15) is 0 Å². The number of nitrogens with one attached hydrogen (secondary N) is 1. The molecule has 0 bridgehead atoms. The summed E-state index contributed by atoms with van der Waals surface area (Å²) in [5.41, 5.74) is 4.22. The largest absolute Gasteiger partial charge is 0.493 e. The number of hydrazone groups is 1. The third-order valence-corrected chi connectivity index (χ3v) is 4.43. The fourth-order valence-corrected chi connectivity index (χ4v) is 2.89. The van der Waals surface area contributed by atoms with E-state index in [-0.39, 0.29) is 5.82 Å². The van der Waals surface area contributed by atoms with Gasteiger partial charge in [-0.15, -0.1) is 0 Å². The maximum atomic E-state index is 5.96. The molecule has 0 saturated heterocycles. The second-order valence-corrected chi connectivity index (χ2v) is 8.02. The Morgan fingerprint density at radius 2 is 1.62 bits per heavy atom. The Labute approximate surface area is 182 Å². The number of anilines is 1. The van der Waals surface area contributed by atoms with Crippen molar-refractivity contribution in [3.8, 4) is 17.2 Å². The number of alkyl halides is 3. The number of fused-ring (bicyclic) bond motifs is 1.